The Bertz CT molecular complexity index is 1360. The quantitative estimate of drug-likeness (QED) is 0.313. The molecule has 2 N–H and O–H groups in total. The molecule has 0 radical (unpaired) electrons. The van der Waals surface area contributed by atoms with Crippen molar-refractivity contribution in [1.29, 1.82) is 0 Å². The number of hydrogen-bond donors (Lipinski definition) is 2. The second-order valence-electron chi connectivity index (χ2n) is 8.98. The van der Waals surface area contributed by atoms with E-state index in [9.17, 15) is 13.2 Å². The Kier molecular flexibility index (Phi) is 9.90. The molecule has 10 heteroatoms. The van der Waals surface area contributed by atoms with Gasteiger partial charge in [0.25, 0.3) is 5.91 Å². The molecule has 200 valence electrons. The van der Waals surface area contributed by atoms with Gasteiger partial charge >= 0.3 is 0 Å². The second-order valence-corrected chi connectivity index (χ2v) is 12.2. The molecule has 0 aromatic heterocycles. The maximum Gasteiger partial charge on any atom is 0.257 e. The first-order valence-corrected chi connectivity index (χ1v) is 15.2. The molecule has 1 fully saturated rings. The summed E-state index contributed by atoms with van der Waals surface area (Å²) in [6.07, 6.45) is 4.66. The number of nitrogens with one attached hydrogen (secondary N) is 2. The fraction of sp³-hybridized carbons (Fsp3) is 0.286. The summed E-state index contributed by atoms with van der Waals surface area (Å²) < 4.78 is 34.0. The summed E-state index contributed by atoms with van der Waals surface area (Å²) in [7, 11) is -3.53. The minimum Gasteiger partial charge on any atom is -0.492 e. The normalized spacial score (nSPS) is 14.3. The summed E-state index contributed by atoms with van der Waals surface area (Å²) in [6.45, 7) is 1.62. The zero-order valence-electron chi connectivity index (χ0n) is 20.9. The van der Waals surface area contributed by atoms with Crippen LogP contribution in [0.25, 0.3) is 0 Å². The Morgan fingerprint density at radius 1 is 0.947 bits per heavy atom. The third-order valence-corrected chi connectivity index (χ3v) is 8.96. The van der Waals surface area contributed by atoms with Crippen molar-refractivity contribution in [3.05, 3.63) is 88.4 Å². The van der Waals surface area contributed by atoms with Crippen molar-refractivity contribution in [2.45, 2.75) is 37.0 Å². The lowest BCUT2D eigenvalue weighted by Crippen LogP contribution is -2.34. The van der Waals surface area contributed by atoms with E-state index in [4.69, 9.17) is 17.0 Å². The minimum atomic E-state index is -3.53. The topological polar surface area (TPSA) is 87.7 Å². The zero-order chi connectivity index (χ0) is 27.0. The van der Waals surface area contributed by atoms with Crippen LogP contribution in [0.15, 0.2) is 82.2 Å². The highest BCUT2D eigenvalue weighted by Crippen LogP contribution is 2.26. The van der Waals surface area contributed by atoms with Crippen molar-refractivity contribution in [1.82, 2.24) is 9.62 Å². The predicted molar refractivity (Wildman–Crippen MR) is 157 cm³/mol. The Balaban J connectivity index is 1.29. The largest absolute Gasteiger partial charge is 0.492 e. The molecule has 0 bridgehead atoms. The van der Waals surface area contributed by atoms with Crippen LogP contribution < -0.4 is 15.4 Å². The van der Waals surface area contributed by atoms with Gasteiger partial charge in [-0.25, -0.2) is 8.42 Å². The molecule has 1 saturated heterocycles. The maximum atomic E-state index is 13.0. The number of halogens is 1. The Labute approximate surface area is 237 Å². The fourth-order valence-corrected chi connectivity index (χ4v) is 6.38. The molecule has 7 nitrogen and oxygen atoms in total. The summed E-state index contributed by atoms with van der Waals surface area (Å²) in [5.41, 5.74) is 2.18. The van der Waals surface area contributed by atoms with Crippen LogP contribution in [0.3, 0.4) is 0 Å². The van der Waals surface area contributed by atoms with Gasteiger partial charge in [0.1, 0.15) is 5.75 Å². The standard InChI is InChI=1S/C28H30BrN3O4S2/c29-25-20-22(10-15-26(25)36-19-16-21-8-4-3-5-9-21)27(33)31-28(37)30-23-11-13-24(14-12-23)38(34,35)32-17-6-1-2-7-18-32/h3-5,8-15,20H,1-2,6-7,16-19H2,(H2,30,31,33,37). The third-order valence-electron chi connectivity index (χ3n) is 6.23. The van der Waals surface area contributed by atoms with Crippen LogP contribution in [0.2, 0.25) is 0 Å². The molecular weight excluding hydrogens is 586 g/mol. The third kappa shape index (κ3) is 7.63. The Morgan fingerprint density at radius 3 is 2.29 bits per heavy atom. The van der Waals surface area contributed by atoms with Crippen LogP contribution in [0.1, 0.15) is 41.6 Å². The summed E-state index contributed by atoms with van der Waals surface area (Å²) in [4.78, 5) is 13.0. The van der Waals surface area contributed by atoms with Crippen LogP contribution in [-0.2, 0) is 16.4 Å². The Morgan fingerprint density at radius 2 is 1.63 bits per heavy atom. The molecule has 3 aromatic rings. The van der Waals surface area contributed by atoms with Crippen molar-refractivity contribution >= 4 is 54.9 Å². The van der Waals surface area contributed by atoms with Gasteiger partial charge in [0, 0.05) is 30.8 Å². The molecule has 0 aliphatic carbocycles. The first-order valence-electron chi connectivity index (χ1n) is 12.5. The van der Waals surface area contributed by atoms with Gasteiger partial charge in [-0.15, -0.1) is 0 Å². The van der Waals surface area contributed by atoms with Crippen LogP contribution in [0.4, 0.5) is 5.69 Å². The molecule has 0 atom stereocenters. The highest BCUT2D eigenvalue weighted by Gasteiger charge is 2.25. The average Bonchev–Trinajstić information content (AvgIpc) is 3.21. The number of carbonyl (C=O) groups excluding carboxylic acids is 1. The van der Waals surface area contributed by atoms with Crippen molar-refractivity contribution in [2.24, 2.45) is 0 Å². The van der Waals surface area contributed by atoms with Gasteiger partial charge in [0.05, 0.1) is 16.0 Å². The van der Waals surface area contributed by atoms with E-state index in [1.165, 1.54) is 5.56 Å². The number of hydrogen-bond acceptors (Lipinski definition) is 5. The van der Waals surface area contributed by atoms with Gasteiger partial charge in [0.15, 0.2) is 5.11 Å². The van der Waals surface area contributed by atoms with Gasteiger partial charge < -0.3 is 10.1 Å². The molecule has 1 aliphatic rings. The summed E-state index contributed by atoms with van der Waals surface area (Å²) in [5.74, 6) is 0.271. The highest BCUT2D eigenvalue weighted by molar-refractivity contribution is 9.10. The summed E-state index contributed by atoms with van der Waals surface area (Å²) in [6, 6.07) is 21.6. The van der Waals surface area contributed by atoms with Crippen molar-refractivity contribution in [3.63, 3.8) is 0 Å². The summed E-state index contributed by atoms with van der Waals surface area (Å²) in [5, 5.41) is 5.70. The molecule has 0 spiro atoms. The van der Waals surface area contributed by atoms with Gasteiger partial charge in [0.2, 0.25) is 10.0 Å². The van der Waals surface area contributed by atoms with Crippen molar-refractivity contribution in [2.75, 3.05) is 25.0 Å². The molecule has 0 unspecified atom stereocenters. The molecule has 3 aromatic carbocycles. The number of rotatable bonds is 8. The molecular formula is C28H30BrN3O4S2. The lowest BCUT2D eigenvalue weighted by atomic mass is 10.2. The fourth-order valence-electron chi connectivity index (χ4n) is 4.16. The van der Waals surface area contributed by atoms with Crippen molar-refractivity contribution in [3.8, 4) is 5.75 Å². The number of ether oxygens (including phenoxy) is 1. The highest BCUT2D eigenvalue weighted by atomic mass is 79.9. The number of carbonyl (C=O) groups is 1. The number of thiocarbonyl (C=S) groups is 1. The number of sulfonamides is 1. The van der Waals surface area contributed by atoms with Gasteiger partial charge in [-0.3, -0.25) is 10.1 Å². The van der Waals surface area contributed by atoms with E-state index in [1.54, 1.807) is 46.8 Å². The monoisotopic (exact) mass is 615 g/mol. The smallest absolute Gasteiger partial charge is 0.257 e. The van der Waals surface area contributed by atoms with Crippen LogP contribution in [-0.4, -0.2) is 43.4 Å². The zero-order valence-corrected chi connectivity index (χ0v) is 24.1. The van der Waals surface area contributed by atoms with E-state index in [0.29, 0.717) is 41.2 Å². The van der Waals surface area contributed by atoms with E-state index in [1.807, 2.05) is 18.2 Å². The number of anilines is 1. The second kappa shape index (κ2) is 13.3. The van der Waals surface area contributed by atoms with Crippen molar-refractivity contribution < 1.29 is 17.9 Å². The lowest BCUT2D eigenvalue weighted by Gasteiger charge is -2.20. The van der Waals surface area contributed by atoms with E-state index < -0.39 is 10.0 Å². The van der Waals surface area contributed by atoms with Crippen LogP contribution in [0, 0.1) is 0 Å². The predicted octanol–water partition coefficient (Wildman–Crippen LogP) is 5.76. The SMILES string of the molecule is O=C(NC(=S)Nc1ccc(S(=O)(=O)N2CCCCCC2)cc1)c1ccc(OCCc2ccccc2)c(Br)c1. The molecule has 1 heterocycles. The van der Waals surface area contributed by atoms with E-state index in [-0.39, 0.29) is 15.9 Å². The molecule has 1 aliphatic heterocycles. The molecule has 4 rings (SSSR count). The lowest BCUT2D eigenvalue weighted by molar-refractivity contribution is 0.0977. The van der Waals surface area contributed by atoms with E-state index in [2.05, 4.69) is 38.7 Å². The Hall–Kier alpha value is -2.79. The minimum absolute atomic E-state index is 0.109. The van der Waals surface area contributed by atoms with Gasteiger partial charge in [-0.2, -0.15) is 4.31 Å². The first-order chi connectivity index (χ1) is 18.3. The first kappa shape index (κ1) is 28.2. The van der Waals surface area contributed by atoms with Crippen LogP contribution in [0.5, 0.6) is 5.75 Å². The number of amides is 1. The summed E-state index contributed by atoms with van der Waals surface area (Å²) >= 11 is 8.76. The van der Waals surface area contributed by atoms with Crippen LogP contribution >= 0.6 is 28.1 Å². The van der Waals surface area contributed by atoms with Gasteiger partial charge in [-0.1, -0.05) is 43.2 Å². The molecule has 38 heavy (non-hydrogen) atoms. The van der Waals surface area contributed by atoms with Gasteiger partial charge in [-0.05, 0) is 89.0 Å². The van der Waals surface area contributed by atoms with E-state index in [0.717, 1.165) is 32.1 Å². The van der Waals surface area contributed by atoms with E-state index >= 15 is 0 Å². The maximum absolute atomic E-state index is 13.0. The molecule has 1 amide bonds. The average molecular weight is 617 g/mol. The number of benzene rings is 3. The molecule has 0 saturated carbocycles. The number of nitrogens with zero attached hydrogens (tertiary/aromatic N) is 1.